The van der Waals surface area contributed by atoms with Crippen LogP contribution in [0.3, 0.4) is 0 Å². The number of hydrogen-bond donors (Lipinski definition) is 2. The average molecular weight is 295 g/mol. The van der Waals surface area contributed by atoms with Crippen LogP contribution in [0.2, 0.25) is 0 Å². The summed E-state index contributed by atoms with van der Waals surface area (Å²) >= 11 is 0. The van der Waals surface area contributed by atoms with Crippen LogP contribution >= 0.6 is 0 Å². The van der Waals surface area contributed by atoms with Gasteiger partial charge in [-0.05, 0) is 24.6 Å². The molecule has 0 fully saturated rings. The first-order chi connectivity index (χ1) is 10.6. The molecule has 0 saturated heterocycles. The molecule has 0 atom stereocenters. The molecule has 3 aromatic heterocycles. The summed E-state index contributed by atoms with van der Waals surface area (Å²) in [5.41, 5.74) is 1.34. The number of fused-ring (bicyclic) bond motifs is 2. The Balaban J connectivity index is 2.62. The Kier molecular flexibility index (Phi) is 3.23. The molecule has 110 valence electrons. The van der Waals surface area contributed by atoms with Crippen molar-refractivity contribution in [1.29, 1.82) is 10.7 Å². The molecule has 0 spiro atoms. The molecule has 7 heteroatoms. The molecule has 7 nitrogen and oxygen atoms in total. The van der Waals surface area contributed by atoms with Crippen LogP contribution < -0.4 is 11.0 Å². The summed E-state index contributed by atoms with van der Waals surface area (Å²) in [6.45, 7) is 1.73. The fourth-order valence-corrected chi connectivity index (χ4v) is 2.50. The Morgan fingerprint density at radius 1 is 1.45 bits per heavy atom. The van der Waals surface area contributed by atoms with E-state index in [9.17, 15) is 9.90 Å². The zero-order chi connectivity index (χ0) is 15.9. The maximum Gasteiger partial charge on any atom is 0.267 e. The molecular formula is C15H13N5O2. The van der Waals surface area contributed by atoms with Crippen LogP contribution in [0.25, 0.3) is 16.7 Å². The lowest BCUT2D eigenvalue weighted by Crippen LogP contribution is -2.28. The van der Waals surface area contributed by atoms with E-state index in [2.05, 4.69) is 4.98 Å². The molecule has 0 bridgehead atoms. The van der Waals surface area contributed by atoms with Gasteiger partial charge in [-0.2, -0.15) is 5.26 Å². The Morgan fingerprint density at radius 3 is 2.91 bits per heavy atom. The van der Waals surface area contributed by atoms with Gasteiger partial charge < -0.3 is 9.67 Å². The van der Waals surface area contributed by atoms with E-state index in [1.54, 1.807) is 12.3 Å². The zero-order valence-electron chi connectivity index (χ0n) is 11.9. The van der Waals surface area contributed by atoms with Crippen molar-refractivity contribution in [1.82, 2.24) is 14.0 Å². The summed E-state index contributed by atoms with van der Waals surface area (Å²) in [5, 5.41) is 26.6. The molecule has 0 aromatic carbocycles. The molecule has 0 aliphatic heterocycles. The number of aliphatic hydroxyl groups is 1. The normalized spacial score (nSPS) is 11.0. The molecule has 0 amide bonds. The molecule has 0 aliphatic rings. The lowest BCUT2D eigenvalue weighted by atomic mass is 10.2. The minimum atomic E-state index is -0.299. The fourth-order valence-electron chi connectivity index (χ4n) is 2.50. The average Bonchev–Trinajstić information content (AvgIpc) is 2.51. The van der Waals surface area contributed by atoms with Gasteiger partial charge in [0.05, 0.1) is 17.6 Å². The van der Waals surface area contributed by atoms with Crippen LogP contribution in [-0.4, -0.2) is 25.7 Å². The molecule has 3 heterocycles. The van der Waals surface area contributed by atoms with Gasteiger partial charge in [0, 0.05) is 12.7 Å². The van der Waals surface area contributed by atoms with Crippen molar-refractivity contribution < 1.29 is 5.11 Å². The third-order valence-electron chi connectivity index (χ3n) is 3.58. The van der Waals surface area contributed by atoms with E-state index in [4.69, 9.17) is 10.7 Å². The van der Waals surface area contributed by atoms with Crippen molar-refractivity contribution in [3.63, 3.8) is 0 Å². The highest BCUT2D eigenvalue weighted by Gasteiger charge is 2.13. The molecule has 0 aliphatic carbocycles. The number of aliphatic hydroxyl groups excluding tert-OH is 1. The lowest BCUT2D eigenvalue weighted by Gasteiger charge is -2.12. The van der Waals surface area contributed by atoms with Gasteiger partial charge in [0.2, 0.25) is 0 Å². The lowest BCUT2D eigenvalue weighted by molar-refractivity contribution is 0.275. The first kappa shape index (κ1) is 14.0. The molecule has 3 aromatic rings. The maximum atomic E-state index is 12.7. The Hall–Kier alpha value is -2.98. The first-order valence-electron chi connectivity index (χ1n) is 6.69. The van der Waals surface area contributed by atoms with Crippen molar-refractivity contribution in [2.75, 3.05) is 6.61 Å². The summed E-state index contributed by atoms with van der Waals surface area (Å²) in [4.78, 5) is 17.1. The van der Waals surface area contributed by atoms with Gasteiger partial charge >= 0.3 is 0 Å². The number of nitrogens with zero attached hydrogens (tertiary/aromatic N) is 4. The highest BCUT2D eigenvalue weighted by atomic mass is 16.3. The van der Waals surface area contributed by atoms with Crippen LogP contribution in [0.15, 0.2) is 29.2 Å². The molecular weight excluding hydrogens is 282 g/mol. The topological polar surface area (TPSA) is 107 Å². The smallest absolute Gasteiger partial charge is 0.267 e. The molecule has 0 saturated carbocycles. The fraction of sp³-hybridized carbons (Fsp3) is 0.200. The van der Waals surface area contributed by atoms with Gasteiger partial charge in [0.25, 0.3) is 5.56 Å². The molecule has 0 radical (unpaired) electrons. The molecule has 2 N–H and O–H groups in total. The Bertz CT molecular complexity index is 1060. The van der Waals surface area contributed by atoms with Crippen LogP contribution in [0.4, 0.5) is 0 Å². The van der Waals surface area contributed by atoms with Crippen molar-refractivity contribution >= 4 is 16.7 Å². The third kappa shape index (κ3) is 1.89. The highest BCUT2D eigenvalue weighted by molar-refractivity contribution is 5.78. The Morgan fingerprint density at radius 2 is 2.23 bits per heavy atom. The molecule has 3 rings (SSSR count). The van der Waals surface area contributed by atoms with E-state index in [-0.39, 0.29) is 35.1 Å². The second-order valence-electron chi connectivity index (χ2n) is 4.93. The summed E-state index contributed by atoms with van der Waals surface area (Å²) in [5.74, 6) is 0. The van der Waals surface area contributed by atoms with Gasteiger partial charge in [-0.1, -0.05) is 6.07 Å². The van der Waals surface area contributed by atoms with Crippen LogP contribution in [0.1, 0.15) is 11.1 Å². The van der Waals surface area contributed by atoms with E-state index in [0.717, 1.165) is 5.56 Å². The second-order valence-corrected chi connectivity index (χ2v) is 4.93. The quantitative estimate of drug-likeness (QED) is 0.663. The van der Waals surface area contributed by atoms with Gasteiger partial charge in [-0.3, -0.25) is 14.6 Å². The minimum Gasteiger partial charge on any atom is -0.395 e. The summed E-state index contributed by atoms with van der Waals surface area (Å²) in [7, 11) is 0. The number of rotatable bonds is 2. The van der Waals surface area contributed by atoms with Gasteiger partial charge in [-0.25, -0.2) is 4.98 Å². The number of nitriles is 1. The minimum absolute atomic E-state index is 0.0612. The van der Waals surface area contributed by atoms with Gasteiger partial charge in [0.1, 0.15) is 22.9 Å². The van der Waals surface area contributed by atoms with Gasteiger partial charge in [-0.15, -0.1) is 0 Å². The summed E-state index contributed by atoms with van der Waals surface area (Å²) < 4.78 is 2.81. The van der Waals surface area contributed by atoms with Crippen molar-refractivity contribution in [2.45, 2.75) is 13.5 Å². The zero-order valence-corrected chi connectivity index (χ0v) is 11.9. The van der Waals surface area contributed by atoms with Crippen LogP contribution in [-0.2, 0) is 6.54 Å². The number of aryl methyl sites for hydroxylation is 1. The van der Waals surface area contributed by atoms with E-state index < -0.39 is 0 Å². The van der Waals surface area contributed by atoms with E-state index in [1.807, 2.05) is 19.1 Å². The molecule has 22 heavy (non-hydrogen) atoms. The Labute approximate surface area is 124 Å². The second kappa shape index (κ2) is 5.09. The SMILES string of the molecule is Cc1cccn2c(=O)c3cc(C#N)c(=N)n(CCO)c3nc12. The van der Waals surface area contributed by atoms with Gasteiger partial charge in [0.15, 0.2) is 0 Å². The summed E-state index contributed by atoms with van der Waals surface area (Å²) in [6, 6.07) is 6.89. The number of pyridine rings is 2. The van der Waals surface area contributed by atoms with E-state index in [0.29, 0.717) is 11.3 Å². The van der Waals surface area contributed by atoms with Crippen LogP contribution in [0.5, 0.6) is 0 Å². The first-order valence-corrected chi connectivity index (χ1v) is 6.69. The summed E-state index contributed by atoms with van der Waals surface area (Å²) in [6.07, 6.45) is 1.62. The largest absolute Gasteiger partial charge is 0.395 e. The van der Waals surface area contributed by atoms with Crippen LogP contribution in [0, 0.1) is 23.7 Å². The van der Waals surface area contributed by atoms with Crippen molar-refractivity contribution in [3.8, 4) is 6.07 Å². The highest BCUT2D eigenvalue weighted by Crippen LogP contribution is 2.12. The van der Waals surface area contributed by atoms with Crippen molar-refractivity contribution in [3.05, 3.63) is 51.4 Å². The predicted molar refractivity (Wildman–Crippen MR) is 79.4 cm³/mol. The number of nitrogens with one attached hydrogen (secondary N) is 1. The van der Waals surface area contributed by atoms with Crippen molar-refractivity contribution in [2.24, 2.45) is 0 Å². The standard InChI is InChI=1S/C15H13N5O2/c1-9-3-2-4-20-13(9)18-14-11(15(20)22)7-10(8-16)12(17)19(14)5-6-21/h2-4,7,17,21H,5-6H2,1H3. The van der Waals surface area contributed by atoms with E-state index >= 15 is 0 Å². The molecule has 0 unspecified atom stereocenters. The third-order valence-corrected chi connectivity index (χ3v) is 3.58. The van der Waals surface area contributed by atoms with E-state index in [1.165, 1.54) is 15.0 Å². The predicted octanol–water partition coefficient (Wildman–Crippen LogP) is 0.301. The maximum absolute atomic E-state index is 12.7. The number of hydrogen-bond acceptors (Lipinski definition) is 5. The monoisotopic (exact) mass is 295 g/mol. The number of aromatic nitrogens is 3.